The van der Waals surface area contributed by atoms with Crippen molar-refractivity contribution in [1.29, 1.82) is 0 Å². The lowest BCUT2D eigenvalue weighted by atomic mass is 9.81. The zero-order valence-electron chi connectivity index (χ0n) is 16.9. The van der Waals surface area contributed by atoms with E-state index in [1.165, 1.54) is 6.20 Å². The van der Waals surface area contributed by atoms with E-state index in [-0.39, 0.29) is 16.8 Å². The average molecular weight is 404 g/mol. The molecular formula is C20H27N4O3S+. The number of nitrogens with one attached hydrogen (secondary N) is 1. The largest absolute Gasteiger partial charge is 0.343 e. The molecule has 0 fully saturated rings. The average Bonchev–Trinajstić information content (AvgIpc) is 3.08. The van der Waals surface area contributed by atoms with Crippen molar-refractivity contribution in [1.82, 2.24) is 10.3 Å². The zero-order valence-corrected chi connectivity index (χ0v) is 17.7. The van der Waals surface area contributed by atoms with Gasteiger partial charge in [0.2, 0.25) is 0 Å². The van der Waals surface area contributed by atoms with Crippen LogP contribution in [0.4, 0.5) is 0 Å². The smallest absolute Gasteiger partial charge is 0.253 e. The SMILES string of the molecule is CC1=C(C[N+]2(C(C)C)C=CC=N2)C(=O)NC(C)(c2cncc(S(C)(=O)=O)c2)C1. The number of hydrogen-bond acceptors (Lipinski definition) is 5. The number of nitrogens with zero attached hydrogens (tertiary/aromatic N) is 3. The number of aromatic nitrogens is 1. The molecule has 2 aliphatic rings. The molecule has 0 aliphatic carbocycles. The van der Waals surface area contributed by atoms with Crippen molar-refractivity contribution >= 4 is 22.0 Å². The number of amides is 1. The molecule has 8 heteroatoms. The number of allylic oxidation sites excluding steroid dienone is 1. The molecule has 3 rings (SSSR count). The summed E-state index contributed by atoms with van der Waals surface area (Å²) in [6.45, 7) is 8.50. The van der Waals surface area contributed by atoms with Gasteiger partial charge in [-0.05, 0) is 45.7 Å². The summed E-state index contributed by atoms with van der Waals surface area (Å²) in [6, 6.07) is 1.79. The first-order chi connectivity index (χ1) is 13.0. The maximum absolute atomic E-state index is 13.0. The highest BCUT2D eigenvalue weighted by Crippen LogP contribution is 2.35. The molecular weight excluding hydrogens is 376 g/mol. The molecule has 1 aromatic rings. The monoisotopic (exact) mass is 403 g/mol. The zero-order chi connectivity index (χ0) is 20.7. The fraction of sp³-hybridized carbons (Fsp3) is 0.450. The fourth-order valence-electron chi connectivity index (χ4n) is 3.73. The van der Waals surface area contributed by atoms with Gasteiger partial charge in [0.1, 0.15) is 18.8 Å². The third kappa shape index (κ3) is 3.66. The van der Waals surface area contributed by atoms with Crippen molar-refractivity contribution in [3.8, 4) is 0 Å². The molecule has 0 radical (unpaired) electrons. The molecule has 0 aromatic carbocycles. The number of sulfone groups is 1. The minimum Gasteiger partial charge on any atom is -0.343 e. The highest BCUT2D eigenvalue weighted by molar-refractivity contribution is 7.90. The molecule has 0 bridgehead atoms. The Morgan fingerprint density at radius 2 is 2.04 bits per heavy atom. The fourth-order valence-corrected chi connectivity index (χ4v) is 4.32. The topological polar surface area (TPSA) is 88.5 Å². The van der Waals surface area contributed by atoms with Crippen molar-refractivity contribution < 1.29 is 17.8 Å². The van der Waals surface area contributed by atoms with Gasteiger partial charge in [0.05, 0.1) is 22.2 Å². The van der Waals surface area contributed by atoms with Gasteiger partial charge in [-0.2, -0.15) is 4.59 Å². The second kappa shape index (κ2) is 6.93. The van der Waals surface area contributed by atoms with E-state index < -0.39 is 15.4 Å². The lowest BCUT2D eigenvalue weighted by Gasteiger charge is -2.38. The summed E-state index contributed by atoms with van der Waals surface area (Å²) in [5, 5.41) is 7.65. The van der Waals surface area contributed by atoms with E-state index in [4.69, 9.17) is 0 Å². The van der Waals surface area contributed by atoms with Gasteiger partial charge in [0.25, 0.3) is 5.91 Å². The molecule has 3 heterocycles. The van der Waals surface area contributed by atoms with Gasteiger partial charge in [-0.3, -0.25) is 9.78 Å². The lowest BCUT2D eigenvalue weighted by molar-refractivity contribution is -0.899. The molecule has 7 nitrogen and oxygen atoms in total. The molecule has 1 N–H and O–H groups in total. The maximum Gasteiger partial charge on any atom is 0.253 e. The van der Waals surface area contributed by atoms with E-state index in [1.54, 1.807) is 18.5 Å². The summed E-state index contributed by atoms with van der Waals surface area (Å²) in [4.78, 5) is 17.3. The molecule has 2 aliphatic heterocycles. The van der Waals surface area contributed by atoms with Crippen molar-refractivity contribution in [3.05, 3.63) is 47.4 Å². The van der Waals surface area contributed by atoms with E-state index >= 15 is 0 Å². The molecule has 150 valence electrons. The molecule has 0 saturated carbocycles. The highest BCUT2D eigenvalue weighted by Gasteiger charge is 2.41. The normalized spacial score (nSPS) is 27.6. The van der Waals surface area contributed by atoms with Crippen LogP contribution in [0, 0.1) is 0 Å². The van der Waals surface area contributed by atoms with Gasteiger partial charge in [-0.1, -0.05) is 10.7 Å². The Morgan fingerprint density at radius 3 is 2.57 bits per heavy atom. The van der Waals surface area contributed by atoms with Crippen LogP contribution in [0.25, 0.3) is 0 Å². The van der Waals surface area contributed by atoms with Crippen LogP contribution >= 0.6 is 0 Å². The summed E-state index contributed by atoms with van der Waals surface area (Å²) >= 11 is 0. The Morgan fingerprint density at radius 1 is 1.32 bits per heavy atom. The number of hydrogen-bond donors (Lipinski definition) is 1. The third-order valence-corrected chi connectivity index (χ3v) is 6.67. The van der Waals surface area contributed by atoms with Crippen molar-refractivity contribution in [2.45, 2.75) is 50.6 Å². The van der Waals surface area contributed by atoms with Gasteiger partial charge in [0, 0.05) is 24.7 Å². The highest BCUT2D eigenvalue weighted by atomic mass is 32.2. The Kier molecular flexibility index (Phi) is 5.05. The Bertz CT molecular complexity index is 996. The van der Waals surface area contributed by atoms with Crippen LogP contribution in [-0.4, -0.2) is 49.0 Å². The number of carbonyl (C=O) groups excluding carboxylic acids is 1. The van der Waals surface area contributed by atoms with Crippen molar-refractivity contribution in [2.24, 2.45) is 5.10 Å². The predicted molar refractivity (Wildman–Crippen MR) is 108 cm³/mol. The molecule has 1 amide bonds. The van der Waals surface area contributed by atoms with Gasteiger partial charge in [0.15, 0.2) is 9.84 Å². The summed E-state index contributed by atoms with van der Waals surface area (Å²) in [5.74, 6) is -0.148. The Balaban J connectivity index is 1.95. The molecule has 1 aromatic heterocycles. The quantitative estimate of drug-likeness (QED) is 0.764. The number of quaternary nitrogens is 1. The standard InChI is InChI=1S/C20H26N4O3S/c1-14(2)24(8-6-7-22-24)13-18-15(3)10-20(4,23-19(18)25)16-9-17(12-21-11-16)28(5,26)27/h6-9,11-12,14H,10,13H2,1-5H3/p+1. The first-order valence-electron chi connectivity index (χ1n) is 9.24. The molecule has 2 atom stereocenters. The summed E-state index contributed by atoms with van der Waals surface area (Å²) in [5.41, 5.74) is 1.66. The minimum absolute atomic E-state index is 0.147. The maximum atomic E-state index is 13.0. The first-order valence-corrected chi connectivity index (χ1v) is 11.1. The second-order valence-corrected chi connectivity index (χ2v) is 10.2. The van der Waals surface area contributed by atoms with E-state index in [9.17, 15) is 13.2 Å². The van der Waals surface area contributed by atoms with E-state index in [2.05, 4.69) is 29.2 Å². The van der Waals surface area contributed by atoms with Gasteiger partial charge < -0.3 is 5.32 Å². The number of carbonyl (C=O) groups is 1. The van der Waals surface area contributed by atoms with Gasteiger partial charge in [-0.15, -0.1) is 0 Å². The molecule has 2 unspecified atom stereocenters. The van der Waals surface area contributed by atoms with Gasteiger partial charge in [-0.25, -0.2) is 8.42 Å². The predicted octanol–water partition coefficient (Wildman–Crippen LogP) is 2.28. The van der Waals surface area contributed by atoms with Crippen molar-refractivity contribution in [3.63, 3.8) is 0 Å². The van der Waals surface area contributed by atoms with Crippen LogP contribution in [0.5, 0.6) is 0 Å². The molecule has 28 heavy (non-hydrogen) atoms. The summed E-state index contributed by atoms with van der Waals surface area (Å²) in [7, 11) is -3.38. The number of pyridine rings is 1. The first kappa shape index (κ1) is 20.4. The number of rotatable bonds is 5. The van der Waals surface area contributed by atoms with Crippen LogP contribution in [0.15, 0.2) is 51.9 Å². The van der Waals surface area contributed by atoms with E-state index in [0.717, 1.165) is 17.4 Å². The minimum atomic E-state index is -3.38. The van der Waals surface area contributed by atoms with Crippen molar-refractivity contribution in [2.75, 3.05) is 12.8 Å². The summed E-state index contributed by atoms with van der Waals surface area (Å²) < 4.78 is 24.1. The Labute approximate surface area is 166 Å². The summed E-state index contributed by atoms with van der Waals surface area (Å²) in [6.07, 6.45) is 10.3. The van der Waals surface area contributed by atoms with Crippen LogP contribution < -0.4 is 5.32 Å². The molecule has 0 spiro atoms. The lowest BCUT2D eigenvalue weighted by Crippen LogP contribution is -2.52. The van der Waals surface area contributed by atoms with Gasteiger partial charge >= 0.3 is 0 Å². The van der Waals surface area contributed by atoms with Crippen LogP contribution in [-0.2, 0) is 20.2 Å². The molecule has 0 saturated heterocycles. The third-order valence-electron chi connectivity index (χ3n) is 5.59. The van der Waals surface area contributed by atoms with E-state index in [0.29, 0.717) is 23.1 Å². The second-order valence-electron chi connectivity index (χ2n) is 8.15. The van der Waals surface area contributed by atoms with Crippen LogP contribution in [0.2, 0.25) is 0 Å². The Hall–Kier alpha value is -2.32. The van der Waals surface area contributed by atoms with E-state index in [1.807, 2.05) is 26.1 Å². The van der Waals surface area contributed by atoms with Crippen LogP contribution in [0.3, 0.4) is 0 Å². The van der Waals surface area contributed by atoms with Crippen LogP contribution in [0.1, 0.15) is 39.7 Å².